The molecule has 2 N–H and O–H groups in total. The molecule has 20 heavy (non-hydrogen) atoms. The average molecular weight is 281 g/mol. The minimum Gasteiger partial charge on any atom is -0.341 e. The van der Waals surface area contributed by atoms with E-state index < -0.39 is 0 Å². The Balaban J connectivity index is 1.79. The number of hydrogen-bond donors (Lipinski definition) is 1. The highest BCUT2D eigenvalue weighted by Crippen LogP contribution is 2.29. The lowest BCUT2D eigenvalue weighted by molar-refractivity contribution is -0.136. The molecule has 0 aromatic heterocycles. The highest BCUT2D eigenvalue weighted by molar-refractivity contribution is 5.79. The van der Waals surface area contributed by atoms with Crippen molar-refractivity contribution in [3.05, 3.63) is 0 Å². The smallest absolute Gasteiger partial charge is 0.225 e. The molecule has 1 aliphatic heterocycles. The quantitative estimate of drug-likeness (QED) is 0.853. The maximum absolute atomic E-state index is 12.6. The molecule has 0 atom stereocenters. The predicted octanol–water partition coefficient (Wildman–Crippen LogP) is 1.70. The van der Waals surface area contributed by atoms with Gasteiger partial charge in [0, 0.05) is 25.6 Å². The highest BCUT2D eigenvalue weighted by Gasteiger charge is 2.28. The molecule has 0 aromatic rings. The van der Waals surface area contributed by atoms with Gasteiger partial charge >= 0.3 is 0 Å². The van der Waals surface area contributed by atoms with E-state index in [9.17, 15) is 4.79 Å². The second kappa shape index (κ2) is 7.99. The van der Waals surface area contributed by atoms with Crippen LogP contribution >= 0.6 is 0 Å². The van der Waals surface area contributed by atoms with Crippen LogP contribution in [0.15, 0.2) is 0 Å². The van der Waals surface area contributed by atoms with Crippen LogP contribution in [0.1, 0.15) is 45.4 Å². The molecule has 4 nitrogen and oxygen atoms in total. The summed E-state index contributed by atoms with van der Waals surface area (Å²) in [5.74, 6) is 1.55. The third-order valence-corrected chi connectivity index (χ3v) is 4.94. The number of carbonyl (C=O) groups excluding carboxylic acids is 1. The molecule has 0 spiro atoms. The minimum absolute atomic E-state index is 0.307. The van der Waals surface area contributed by atoms with E-state index in [2.05, 4.69) is 16.7 Å². The standard InChI is InChI=1S/C16H31N3O/c1-14-4-6-15(7-5-14)16(20)19-11-3-10-18(12-13-19)9-2-8-17/h14-15H,2-13,17H2,1H3. The minimum atomic E-state index is 0.307. The van der Waals surface area contributed by atoms with Crippen LogP contribution in [0.5, 0.6) is 0 Å². The highest BCUT2D eigenvalue weighted by atomic mass is 16.2. The summed E-state index contributed by atoms with van der Waals surface area (Å²) in [5, 5.41) is 0. The van der Waals surface area contributed by atoms with Gasteiger partial charge in [-0.1, -0.05) is 6.92 Å². The van der Waals surface area contributed by atoms with Gasteiger partial charge in [0.25, 0.3) is 0 Å². The van der Waals surface area contributed by atoms with Crippen LogP contribution in [0.3, 0.4) is 0 Å². The van der Waals surface area contributed by atoms with Gasteiger partial charge in [-0.15, -0.1) is 0 Å². The third kappa shape index (κ3) is 4.45. The number of carbonyl (C=O) groups is 1. The Morgan fingerprint density at radius 1 is 1.10 bits per heavy atom. The van der Waals surface area contributed by atoms with E-state index >= 15 is 0 Å². The van der Waals surface area contributed by atoms with Gasteiger partial charge < -0.3 is 15.5 Å². The Morgan fingerprint density at radius 2 is 1.85 bits per heavy atom. The summed E-state index contributed by atoms with van der Waals surface area (Å²) >= 11 is 0. The number of amides is 1. The van der Waals surface area contributed by atoms with E-state index in [-0.39, 0.29) is 0 Å². The van der Waals surface area contributed by atoms with Crippen molar-refractivity contribution in [3.63, 3.8) is 0 Å². The molecule has 2 rings (SSSR count). The number of nitrogens with zero attached hydrogens (tertiary/aromatic N) is 2. The summed E-state index contributed by atoms with van der Waals surface area (Å²) in [6, 6.07) is 0. The fraction of sp³-hybridized carbons (Fsp3) is 0.938. The molecule has 0 aromatic carbocycles. The molecule has 1 aliphatic carbocycles. The van der Waals surface area contributed by atoms with Crippen molar-refractivity contribution < 1.29 is 4.79 Å². The Morgan fingerprint density at radius 3 is 2.55 bits per heavy atom. The molecule has 1 heterocycles. The lowest BCUT2D eigenvalue weighted by Gasteiger charge is -2.30. The van der Waals surface area contributed by atoms with Crippen molar-refractivity contribution in [2.45, 2.75) is 45.4 Å². The number of hydrogen-bond acceptors (Lipinski definition) is 3. The summed E-state index contributed by atoms with van der Waals surface area (Å²) in [4.78, 5) is 17.2. The van der Waals surface area contributed by atoms with Crippen molar-refractivity contribution >= 4 is 5.91 Å². The first-order chi connectivity index (χ1) is 9.70. The SMILES string of the molecule is CC1CCC(C(=O)N2CCCN(CCCN)CC2)CC1. The Labute approximate surface area is 123 Å². The van der Waals surface area contributed by atoms with Crippen LogP contribution in [-0.4, -0.2) is 55.0 Å². The van der Waals surface area contributed by atoms with Crippen molar-refractivity contribution in [2.24, 2.45) is 17.6 Å². The van der Waals surface area contributed by atoms with E-state index in [0.29, 0.717) is 11.8 Å². The zero-order valence-corrected chi connectivity index (χ0v) is 13.0. The van der Waals surface area contributed by atoms with Crippen molar-refractivity contribution in [3.8, 4) is 0 Å². The van der Waals surface area contributed by atoms with Gasteiger partial charge in [0.2, 0.25) is 5.91 Å². The fourth-order valence-electron chi connectivity index (χ4n) is 3.50. The van der Waals surface area contributed by atoms with Crippen LogP contribution in [0, 0.1) is 11.8 Å². The second-order valence-corrected chi connectivity index (χ2v) is 6.62. The number of nitrogens with two attached hydrogens (primary N) is 1. The first kappa shape index (κ1) is 15.8. The maximum atomic E-state index is 12.6. The van der Waals surface area contributed by atoms with Gasteiger partial charge in [0.1, 0.15) is 0 Å². The lowest BCUT2D eigenvalue weighted by atomic mass is 9.82. The van der Waals surface area contributed by atoms with E-state index in [1.807, 2.05) is 0 Å². The molecule has 1 saturated carbocycles. The van der Waals surface area contributed by atoms with Gasteiger partial charge in [0.05, 0.1) is 0 Å². The van der Waals surface area contributed by atoms with Gasteiger partial charge in [-0.2, -0.15) is 0 Å². The summed E-state index contributed by atoms with van der Waals surface area (Å²) in [6.07, 6.45) is 6.84. The molecular weight excluding hydrogens is 250 g/mol. The van der Waals surface area contributed by atoms with Crippen LogP contribution in [0.25, 0.3) is 0 Å². The summed E-state index contributed by atoms with van der Waals surface area (Å²) in [6.45, 7) is 8.15. The van der Waals surface area contributed by atoms with E-state index in [4.69, 9.17) is 5.73 Å². The molecule has 0 unspecified atom stereocenters. The summed E-state index contributed by atoms with van der Waals surface area (Å²) in [5.41, 5.74) is 5.58. The monoisotopic (exact) mass is 281 g/mol. The van der Waals surface area contributed by atoms with Gasteiger partial charge in [0.15, 0.2) is 0 Å². The molecule has 0 radical (unpaired) electrons. The van der Waals surface area contributed by atoms with Crippen LogP contribution in [-0.2, 0) is 4.79 Å². The third-order valence-electron chi connectivity index (χ3n) is 4.94. The van der Waals surface area contributed by atoms with Crippen LogP contribution < -0.4 is 5.73 Å². The molecule has 0 bridgehead atoms. The summed E-state index contributed by atoms with van der Waals surface area (Å²) in [7, 11) is 0. The van der Waals surface area contributed by atoms with Crippen LogP contribution in [0.2, 0.25) is 0 Å². The molecule has 1 amide bonds. The zero-order valence-electron chi connectivity index (χ0n) is 13.0. The van der Waals surface area contributed by atoms with Crippen LogP contribution in [0.4, 0.5) is 0 Å². The average Bonchev–Trinajstić information content (AvgIpc) is 2.70. The first-order valence-corrected chi connectivity index (χ1v) is 8.42. The molecular formula is C16H31N3O. The van der Waals surface area contributed by atoms with E-state index in [0.717, 1.165) is 70.9 Å². The Bertz CT molecular complexity index is 300. The second-order valence-electron chi connectivity index (χ2n) is 6.62. The van der Waals surface area contributed by atoms with Gasteiger partial charge in [-0.25, -0.2) is 0 Å². The van der Waals surface area contributed by atoms with E-state index in [1.165, 1.54) is 12.8 Å². The Hall–Kier alpha value is -0.610. The molecule has 116 valence electrons. The maximum Gasteiger partial charge on any atom is 0.225 e. The van der Waals surface area contributed by atoms with Crippen molar-refractivity contribution in [2.75, 3.05) is 39.3 Å². The summed E-state index contributed by atoms with van der Waals surface area (Å²) < 4.78 is 0. The Kier molecular flexibility index (Phi) is 6.30. The van der Waals surface area contributed by atoms with Crippen molar-refractivity contribution in [1.82, 2.24) is 9.80 Å². The molecule has 4 heteroatoms. The first-order valence-electron chi connectivity index (χ1n) is 8.42. The molecule has 2 fully saturated rings. The van der Waals surface area contributed by atoms with Gasteiger partial charge in [-0.3, -0.25) is 4.79 Å². The fourth-order valence-corrected chi connectivity index (χ4v) is 3.50. The molecule has 1 saturated heterocycles. The number of rotatable bonds is 4. The topological polar surface area (TPSA) is 49.6 Å². The lowest BCUT2D eigenvalue weighted by Crippen LogP contribution is -2.40. The van der Waals surface area contributed by atoms with Gasteiger partial charge in [-0.05, 0) is 64.1 Å². The van der Waals surface area contributed by atoms with Crippen molar-refractivity contribution in [1.29, 1.82) is 0 Å². The largest absolute Gasteiger partial charge is 0.341 e. The zero-order chi connectivity index (χ0) is 14.4. The predicted molar refractivity (Wildman–Crippen MR) is 82.4 cm³/mol. The van der Waals surface area contributed by atoms with E-state index in [1.54, 1.807) is 0 Å². The molecule has 2 aliphatic rings. The normalized spacial score (nSPS) is 29.2.